The van der Waals surface area contributed by atoms with E-state index in [-0.39, 0.29) is 12.4 Å². The lowest BCUT2D eigenvalue weighted by Crippen LogP contribution is -2.10. The molecule has 15 heavy (non-hydrogen) atoms. The van der Waals surface area contributed by atoms with Crippen LogP contribution in [0.5, 0.6) is 0 Å². The van der Waals surface area contributed by atoms with Crippen molar-refractivity contribution in [2.75, 3.05) is 13.6 Å². The highest BCUT2D eigenvalue weighted by atomic mass is 35.5. The van der Waals surface area contributed by atoms with Crippen molar-refractivity contribution in [3.63, 3.8) is 0 Å². The summed E-state index contributed by atoms with van der Waals surface area (Å²) in [4.78, 5) is 4.71. The Morgan fingerprint density at radius 2 is 2.20 bits per heavy atom. The van der Waals surface area contributed by atoms with Gasteiger partial charge in [0, 0.05) is 24.3 Å². The number of nitrogens with zero attached hydrogens (tertiary/aromatic N) is 1. The van der Waals surface area contributed by atoms with Crippen LogP contribution in [0.4, 0.5) is 0 Å². The largest absolute Gasteiger partial charge is 0.319 e. The van der Waals surface area contributed by atoms with E-state index in [1.54, 1.807) is 0 Å². The van der Waals surface area contributed by atoms with Crippen LogP contribution in [0.25, 0.3) is 0 Å². The molecule has 0 spiro atoms. The molecule has 0 radical (unpaired) electrons. The molecule has 1 aromatic heterocycles. The molecule has 0 aromatic carbocycles. The molecule has 0 amide bonds. The third kappa shape index (κ3) is 3.44. The molecule has 1 aromatic rings. The Balaban J connectivity index is 0.00000112. The summed E-state index contributed by atoms with van der Waals surface area (Å²) in [5, 5.41) is 6.72. The van der Waals surface area contributed by atoms with Gasteiger partial charge in [-0.2, -0.15) is 0 Å². The van der Waals surface area contributed by atoms with Gasteiger partial charge in [0.05, 0.1) is 10.7 Å². The maximum atomic E-state index is 4.71. The Kier molecular flexibility index (Phi) is 5.58. The smallest absolute Gasteiger partial charge is 0.0941 e. The van der Waals surface area contributed by atoms with Crippen LogP contribution >= 0.6 is 23.7 Å². The van der Waals surface area contributed by atoms with E-state index < -0.39 is 0 Å². The number of nitrogens with one attached hydrogen (secondary N) is 1. The quantitative estimate of drug-likeness (QED) is 0.884. The van der Waals surface area contributed by atoms with Crippen LogP contribution in [-0.4, -0.2) is 18.6 Å². The van der Waals surface area contributed by atoms with Crippen LogP contribution in [0, 0.1) is 0 Å². The molecule has 0 aliphatic heterocycles. The molecule has 2 nitrogen and oxygen atoms in total. The number of hydrogen-bond acceptors (Lipinski definition) is 3. The average molecular weight is 247 g/mol. The number of hydrogen-bond donors (Lipinski definition) is 1. The standard InChI is InChI=1S/C11H18N2S.ClH/c1-12-7-6-11-13-10(8-14-11)9-4-2-3-5-9;/h8-9,12H,2-7H2,1H3;1H. The van der Waals surface area contributed by atoms with Crippen molar-refractivity contribution in [1.29, 1.82) is 0 Å². The summed E-state index contributed by atoms with van der Waals surface area (Å²) in [6.45, 7) is 1.04. The van der Waals surface area contributed by atoms with Gasteiger partial charge in [-0.05, 0) is 19.9 Å². The number of aromatic nitrogens is 1. The second kappa shape index (κ2) is 6.46. The molecule has 1 aliphatic rings. The predicted molar refractivity (Wildman–Crippen MR) is 68.2 cm³/mol. The van der Waals surface area contributed by atoms with E-state index in [9.17, 15) is 0 Å². The molecule has 1 saturated carbocycles. The van der Waals surface area contributed by atoms with E-state index in [2.05, 4.69) is 10.7 Å². The van der Waals surface area contributed by atoms with Crippen LogP contribution in [0.1, 0.15) is 42.3 Å². The Bertz CT molecular complexity index is 282. The minimum Gasteiger partial charge on any atom is -0.319 e. The fourth-order valence-electron chi connectivity index (χ4n) is 2.08. The monoisotopic (exact) mass is 246 g/mol. The third-order valence-electron chi connectivity index (χ3n) is 2.93. The average Bonchev–Trinajstić information content (AvgIpc) is 2.85. The Morgan fingerprint density at radius 1 is 1.47 bits per heavy atom. The van der Waals surface area contributed by atoms with Crippen molar-refractivity contribution in [3.05, 3.63) is 16.1 Å². The van der Waals surface area contributed by atoms with E-state index in [0.29, 0.717) is 0 Å². The molecular weight excluding hydrogens is 228 g/mol. The van der Waals surface area contributed by atoms with E-state index in [1.165, 1.54) is 36.4 Å². The van der Waals surface area contributed by atoms with Crippen molar-refractivity contribution < 1.29 is 0 Å². The molecule has 1 fully saturated rings. The van der Waals surface area contributed by atoms with Gasteiger partial charge in [-0.25, -0.2) is 4.98 Å². The van der Waals surface area contributed by atoms with Crippen molar-refractivity contribution in [2.45, 2.75) is 38.0 Å². The lowest BCUT2D eigenvalue weighted by Gasteiger charge is -2.03. The third-order valence-corrected chi connectivity index (χ3v) is 3.86. The molecule has 86 valence electrons. The first-order chi connectivity index (χ1) is 6.90. The van der Waals surface area contributed by atoms with Crippen molar-refractivity contribution in [1.82, 2.24) is 10.3 Å². The zero-order chi connectivity index (χ0) is 9.80. The van der Waals surface area contributed by atoms with Gasteiger partial charge in [0.2, 0.25) is 0 Å². The van der Waals surface area contributed by atoms with Gasteiger partial charge in [-0.15, -0.1) is 23.7 Å². The van der Waals surface area contributed by atoms with Crippen LogP contribution < -0.4 is 5.32 Å². The number of thiazole rings is 1. The minimum atomic E-state index is 0. The highest BCUT2D eigenvalue weighted by Gasteiger charge is 2.19. The lowest BCUT2D eigenvalue weighted by atomic mass is 10.1. The molecule has 0 bridgehead atoms. The Labute approximate surface area is 102 Å². The number of halogens is 1. The summed E-state index contributed by atoms with van der Waals surface area (Å²) in [6.07, 6.45) is 6.58. The summed E-state index contributed by atoms with van der Waals surface area (Å²) in [6, 6.07) is 0. The summed E-state index contributed by atoms with van der Waals surface area (Å²) >= 11 is 1.83. The second-order valence-electron chi connectivity index (χ2n) is 4.00. The van der Waals surface area contributed by atoms with Gasteiger partial charge >= 0.3 is 0 Å². The molecule has 0 atom stereocenters. The van der Waals surface area contributed by atoms with Crippen molar-refractivity contribution in [2.24, 2.45) is 0 Å². The number of rotatable bonds is 4. The summed E-state index contributed by atoms with van der Waals surface area (Å²) in [5.74, 6) is 0.773. The summed E-state index contributed by atoms with van der Waals surface area (Å²) in [7, 11) is 1.99. The SMILES string of the molecule is CNCCc1nc(C2CCCC2)cs1.Cl. The van der Waals surface area contributed by atoms with Crippen molar-refractivity contribution in [3.8, 4) is 0 Å². The predicted octanol–water partition coefficient (Wildman–Crippen LogP) is 2.98. The Morgan fingerprint density at radius 3 is 2.87 bits per heavy atom. The van der Waals surface area contributed by atoms with Gasteiger partial charge in [-0.3, -0.25) is 0 Å². The van der Waals surface area contributed by atoms with Gasteiger partial charge in [0.1, 0.15) is 0 Å². The minimum absolute atomic E-state index is 0. The molecule has 1 heterocycles. The Hall–Kier alpha value is -0.120. The first-order valence-corrected chi connectivity index (χ1v) is 6.37. The normalized spacial score (nSPS) is 16.6. The maximum absolute atomic E-state index is 4.71. The van der Waals surface area contributed by atoms with E-state index in [4.69, 9.17) is 4.98 Å². The fraction of sp³-hybridized carbons (Fsp3) is 0.727. The van der Waals surface area contributed by atoms with Crippen LogP contribution in [0.15, 0.2) is 5.38 Å². The zero-order valence-corrected chi connectivity index (χ0v) is 10.8. The van der Waals surface area contributed by atoms with Crippen LogP contribution in [0.2, 0.25) is 0 Å². The summed E-state index contributed by atoms with van der Waals surface area (Å²) in [5.41, 5.74) is 1.36. The maximum Gasteiger partial charge on any atom is 0.0941 e. The first-order valence-electron chi connectivity index (χ1n) is 5.49. The van der Waals surface area contributed by atoms with E-state index in [0.717, 1.165) is 18.9 Å². The van der Waals surface area contributed by atoms with Crippen LogP contribution in [0.3, 0.4) is 0 Å². The lowest BCUT2D eigenvalue weighted by molar-refractivity contribution is 0.695. The van der Waals surface area contributed by atoms with Gasteiger partial charge < -0.3 is 5.32 Å². The topological polar surface area (TPSA) is 24.9 Å². The second-order valence-corrected chi connectivity index (χ2v) is 4.94. The van der Waals surface area contributed by atoms with Crippen molar-refractivity contribution >= 4 is 23.7 Å². The summed E-state index contributed by atoms with van der Waals surface area (Å²) < 4.78 is 0. The van der Waals surface area contributed by atoms with Gasteiger partial charge in [0.25, 0.3) is 0 Å². The first kappa shape index (κ1) is 12.9. The van der Waals surface area contributed by atoms with Crippen LogP contribution in [-0.2, 0) is 6.42 Å². The molecule has 4 heteroatoms. The molecular formula is C11H19ClN2S. The molecule has 1 N–H and O–H groups in total. The number of likely N-dealkylation sites (N-methyl/N-ethyl adjacent to an activating group) is 1. The highest BCUT2D eigenvalue weighted by Crippen LogP contribution is 2.34. The van der Waals surface area contributed by atoms with Gasteiger partial charge in [-0.1, -0.05) is 12.8 Å². The van der Waals surface area contributed by atoms with Gasteiger partial charge in [0.15, 0.2) is 0 Å². The molecule has 2 rings (SSSR count). The zero-order valence-electron chi connectivity index (χ0n) is 9.16. The molecule has 1 aliphatic carbocycles. The van der Waals surface area contributed by atoms with E-state index >= 15 is 0 Å². The molecule has 0 saturated heterocycles. The highest BCUT2D eigenvalue weighted by molar-refractivity contribution is 7.09. The molecule has 0 unspecified atom stereocenters. The van der Waals surface area contributed by atoms with E-state index in [1.807, 2.05) is 18.4 Å². The fourth-order valence-corrected chi connectivity index (χ4v) is 2.96.